The SMILES string of the molecule is CC(C)[C@H](C(=O)N1CCC(N)C(C)(C)C1)N(C)C. The molecule has 2 atom stereocenters. The zero-order valence-corrected chi connectivity index (χ0v) is 12.7. The summed E-state index contributed by atoms with van der Waals surface area (Å²) in [6, 6.07) is 0.161. The van der Waals surface area contributed by atoms with Crippen molar-refractivity contribution in [2.24, 2.45) is 17.1 Å². The van der Waals surface area contributed by atoms with Gasteiger partial charge in [0.25, 0.3) is 0 Å². The van der Waals surface area contributed by atoms with Gasteiger partial charge in [0.1, 0.15) is 0 Å². The highest BCUT2D eigenvalue weighted by atomic mass is 16.2. The van der Waals surface area contributed by atoms with E-state index in [1.807, 2.05) is 23.9 Å². The molecule has 1 unspecified atom stereocenters. The van der Waals surface area contributed by atoms with Gasteiger partial charge in [0.05, 0.1) is 6.04 Å². The molecule has 0 radical (unpaired) electrons. The van der Waals surface area contributed by atoms with Gasteiger partial charge in [0.2, 0.25) is 5.91 Å². The van der Waals surface area contributed by atoms with E-state index in [1.165, 1.54) is 0 Å². The average molecular weight is 255 g/mol. The van der Waals surface area contributed by atoms with E-state index in [0.29, 0.717) is 5.92 Å². The van der Waals surface area contributed by atoms with Gasteiger partial charge < -0.3 is 10.6 Å². The van der Waals surface area contributed by atoms with Crippen LogP contribution in [0.2, 0.25) is 0 Å². The third-order valence-electron chi connectivity index (χ3n) is 4.06. The molecule has 4 nitrogen and oxygen atoms in total. The standard InChI is InChI=1S/C14H29N3O/c1-10(2)12(16(5)6)13(18)17-8-7-11(15)14(3,4)9-17/h10-12H,7-9,15H2,1-6H3/t11?,12-/m1/s1. The molecule has 0 aromatic carbocycles. The van der Waals surface area contributed by atoms with Gasteiger partial charge in [-0.15, -0.1) is 0 Å². The van der Waals surface area contributed by atoms with Gasteiger partial charge in [-0.3, -0.25) is 9.69 Å². The van der Waals surface area contributed by atoms with Crippen LogP contribution in [0.25, 0.3) is 0 Å². The summed E-state index contributed by atoms with van der Waals surface area (Å²) in [5, 5.41) is 0. The van der Waals surface area contributed by atoms with Crippen LogP contribution in [-0.4, -0.2) is 55.0 Å². The largest absolute Gasteiger partial charge is 0.341 e. The molecule has 1 fully saturated rings. The van der Waals surface area contributed by atoms with Crippen molar-refractivity contribution in [1.29, 1.82) is 0 Å². The molecule has 106 valence electrons. The van der Waals surface area contributed by atoms with Crippen molar-refractivity contribution in [3.63, 3.8) is 0 Å². The lowest BCUT2D eigenvalue weighted by Crippen LogP contribution is -2.58. The third-order valence-corrected chi connectivity index (χ3v) is 4.06. The molecular weight excluding hydrogens is 226 g/mol. The summed E-state index contributed by atoms with van der Waals surface area (Å²) in [4.78, 5) is 16.6. The summed E-state index contributed by atoms with van der Waals surface area (Å²) in [6.07, 6.45) is 0.900. The van der Waals surface area contributed by atoms with E-state index in [9.17, 15) is 4.79 Å². The van der Waals surface area contributed by atoms with Crippen LogP contribution < -0.4 is 5.73 Å². The van der Waals surface area contributed by atoms with Crippen molar-refractivity contribution in [2.45, 2.75) is 46.2 Å². The van der Waals surface area contributed by atoms with Crippen molar-refractivity contribution in [2.75, 3.05) is 27.2 Å². The van der Waals surface area contributed by atoms with Gasteiger partial charge >= 0.3 is 0 Å². The second-order valence-corrected chi connectivity index (χ2v) is 6.80. The van der Waals surface area contributed by atoms with Gasteiger partial charge in [-0.25, -0.2) is 0 Å². The maximum atomic E-state index is 12.6. The van der Waals surface area contributed by atoms with E-state index < -0.39 is 0 Å². The summed E-state index contributed by atoms with van der Waals surface area (Å²) in [7, 11) is 3.95. The minimum Gasteiger partial charge on any atom is -0.341 e. The fourth-order valence-electron chi connectivity index (χ4n) is 2.85. The number of amides is 1. The normalized spacial score (nSPS) is 25.6. The predicted molar refractivity (Wildman–Crippen MR) is 75.3 cm³/mol. The van der Waals surface area contributed by atoms with Crippen molar-refractivity contribution >= 4 is 5.91 Å². The maximum absolute atomic E-state index is 12.6. The van der Waals surface area contributed by atoms with Crippen LogP contribution in [0.3, 0.4) is 0 Å². The quantitative estimate of drug-likeness (QED) is 0.823. The smallest absolute Gasteiger partial charge is 0.240 e. The molecule has 1 heterocycles. The van der Waals surface area contributed by atoms with E-state index in [2.05, 4.69) is 27.7 Å². The van der Waals surface area contributed by atoms with E-state index in [0.717, 1.165) is 19.5 Å². The second-order valence-electron chi connectivity index (χ2n) is 6.80. The lowest BCUT2D eigenvalue weighted by atomic mass is 9.79. The zero-order chi connectivity index (χ0) is 14.1. The molecule has 1 amide bonds. The first-order valence-corrected chi connectivity index (χ1v) is 6.87. The summed E-state index contributed by atoms with van der Waals surface area (Å²) in [6.45, 7) is 10.1. The molecule has 1 aliphatic rings. The Morgan fingerprint density at radius 2 is 1.94 bits per heavy atom. The van der Waals surface area contributed by atoms with Crippen molar-refractivity contribution in [3.8, 4) is 0 Å². The van der Waals surface area contributed by atoms with Crippen molar-refractivity contribution in [3.05, 3.63) is 0 Å². The van der Waals surface area contributed by atoms with Crippen molar-refractivity contribution < 1.29 is 4.79 Å². The number of nitrogens with zero attached hydrogens (tertiary/aromatic N) is 2. The van der Waals surface area contributed by atoms with Crippen LogP contribution in [0.4, 0.5) is 0 Å². The Balaban J connectivity index is 2.78. The Bertz CT molecular complexity index is 291. The second kappa shape index (κ2) is 5.57. The van der Waals surface area contributed by atoms with E-state index in [-0.39, 0.29) is 23.4 Å². The predicted octanol–water partition coefficient (Wildman–Crippen LogP) is 1.16. The number of hydrogen-bond donors (Lipinski definition) is 1. The van der Waals surface area contributed by atoms with Crippen LogP contribution >= 0.6 is 0 Å². The first kappa shape index (κ1) is 15.4. The van der Waals surface area contributed by atoms with Gasteiger partial charge in [0, 0.05) is 19.1 Å². The summed E-state index contributed by atoms with van der Waals surface area (Å²) < 4.78 is 0. The monoisotopic (exact) mass is 255 g/mol. The number of piperidine rings is 1. The molecule has 0 saturated carbocycles. The van der Waals surface area contributed by atoms with Crippen LogP contribution in [0, 0.1) is 11.3 Å². The molecule has 1 rings (SSSR count). The van der Waals surface area contributed by atoms with E-state index >= 15 is 0 Å². The highest BCUT2D eigenvalue weighted by molar-refractivity contribution is 5.82. The number of likely N-dealkylation sites (N-methyl/N-ethyl adjacent to an activating group) is 1. The average Bonchev–Trinajstić information content (AvgIpc) is 2.20. The molecule has 0 aromatic rings. The fourth-order valence-corrected chi connectivity index (χ4v) is 2.85. The zero-order valence-electron chi connectivity index (χ0n) is 12.7. The number of carbonyl (C=O) groups excluding carboxylic acids is 1. The molecule has 4 heteroatoms. The Labute approximate surface area is 111 Å². The summed E-state index contributed by atoms with van der Waals surface area (Å²) in [5.74, 6) is 0.571. The fraction of sp³-hybridized carbons (Fsp3) is 0.929. The van der Waals surface area contributed by atoms with E-state index in [4.69, 9.17) is 5.73 Å². The third kappa shape index (κ3) is 3.23. The Morgan fingerprint density at radius 1 is 1.39 bits per heavy atom. The van der Waals surface area contributed by atoms with Crippen molar-refractivity contribution in [1.82, 2.24) is 9.80 Å². The lowest BCUT2D eigenvalue weighted by molar-refractivity contribution is -0.141. The minimum atomic E-state index is -0.0323. The molecule has 0 aliphatic carbocycles. The number of carbonyl (C=O) groups is 1. The minimum absolute atomic E-state index is 0.0156. The number of nitrogens with two attached hydrogens (primary N) is 1. The molecule has 0 aromatic heterocycles. The van der Waals surface area contributed by atoms with Gasteiger partial charge in [-0.2, -0.15) is 0 Å². The van der Waals surface area contributed by atoms with Gasteiger partial charge in [0.15, 0.2) is 0 Å². The summed E-state index contributed by atoms with van der Waals surface area (Å²) >= 11 is 0. The van der Waals surface area contributed by atoms with Gasteiger partial charge in [-0.1, -0.05) is 27.7 Å². The lowest BCUT2D eigenvalue weighted by Gasteiger charge is -2.44. The van der Waals surface area contributed by atoms with Gasteiger partial charge in [-0.05, 0) is 31.8 Å². The number of likely N-dealkylation sites (tertiary alicyclic amines) is 1. The Hall–Kier alpha value is -0.610. The topological polar surface area (TPSA) is 49.6 Å². The van der Waals surface area contributed by atoms with E-state index in [1.54, 1.807) is 0 Å². The Morgan fingerprint density at radius 3 is 2.33 bits per heavy atom. The van der Waals surface area contributed by atoms with Crippen LogP contribution in [0.15, 0.2) is 0 Å². The molecule has 0 spiro atoms. The first-order chi connectivity index (χ1) is 8.16. The molecular formula is C14H29N3O. The highest BCUT2D eigenvalue weighted by Gasteiger charge is 2.38. The molecule has 18 heavy (non-hydrogen) atoms. The summed E-state index contributed by atoms with van der Waals surface area (Å²) in [5.41, 5.74) is 6.14. The Kier molecular flexibility index (Phi) is 4.78. The maximum Gasteiger partial charge on any atom is 0.240 e. The molecule has 2 N–H and O–H groups in total. The van der Waals surface area contributed by atoms with Crippen LogP contribution in [-0.2, 0) is 4.79 Å². The number of rotatable bonds is 3. The number of hydrogen-bond acceptors (Lipinski definition) is 3. The van der Waals surface area contributed by atoms with Crippen LogP contribution in [0.5, 0.6) is 0 Å². The molecule has 0 bridgehead atoms. The highest BCUT2D eigenvalue weighted by Crippen LogP contribution is 2.28. The molecule has 1 saturated heterocycles. The first-order valence-electron chi connectivity index (χ1n) is 6.87. The molecule has 1 aliphatic heterocycles. The van der Waals surface area contributed by atoms with Crippen LogP contribution in [0.1, 0.15) is 34.1 Å².